The zero-order valence-electron chi connectivity index (χ0n) is 17.1. The summed E-state index contributed by atoms with van der Waals surface area (Å²) < 4.78 is 5.17. The second-order valence-corrected chi connectivity index (χ2v) is 6.50. The molecular weight excluding hydrogens is 440 g/mol. The summed E-state index contributed by atoms with van der Waals surface area (Å²) in [6.07, 6.45) is -0.0832. The van der Waals surface area contributed by atoms with Crippen molar-refractivity contribution in [3.8, 4) is 0 Å². The lowest BCUT2D eigenvalue weighted by Gasteiger charge is -2.18. The molecule has 0 heterocycles. The quantitative estimate of drug-likeness (QED) is 0.137. The fourth-order valence-electron chi connectivity index (χ4n) is 2.58. The normalized spacial score (nSPS) is 10.8. The molecule has 0 aliphatic carbocycles. The Kier molecular flexibility index (Phi) is 11.0. The van der Waals surface area contributed by atoms with Gasteiger partial charge < -0.3 is 26.8 Å². The zero-order valence-corrected chi connectivity index (χ0v) is 17.9. The van der Waals surface area contributed by atoms with E-state index in [1.54, 1.807) is 12.1 Å². The van der Waals surface area contributed by atoms with E-state index in [0.29, 0.717) is 12.1 Å². The highest BCUT2D eigenvalue weighted by atomic mass is 35.5. The smallest absolute Gasteiger partial charge is 0.408 e. The lowest BCUT2D eigenvalue weighted by Crippen LogP contribution is -2.44. The van der Waals surface area contributed by atoms with Gasteiger partial charge in [-0.1, -0.05) is 30.3 Å². The Morgan fingerprint density at radius 3 is 2.34 bits per heavy atom. The van der Waals surface area contributed by atoms with Gasteiger partial charge in [0.2, 0.25) is 5.91 Å². The molecule has 0 aromatic heterocycles. The average Bonchev–Trinajstić information content (AvgIpc) is 2.75. The Bertz CT molecular complexity index is 920. The van der Waals surface area contributed by atoms with E-state index >= 15 is 0 Å². The van der Waals surface area contributed by atoms with Crippen molar-refractivity contribution in [2.75, 3.05) is 11.9 Å². The highest BCUT2D eigenvalue weighted by Gasteiger charge is 2.21. The lowest BCUT2D eigenvalue weighted by atomic mass is 10.1. The van der Waals surface area contributed by atoms with Crippen molar-refractivity contribution in [3.63, 3.8) is 0 Å². The number of carbonyl (C=O) groups is 2. The number of nitrogens with zero attached hydrogens (tertiary/aromatic N) is 2. The molecule has 0 bridgehead atoms. The van der Waals surface area contributed by atoms with Crippen LogP contribution >= 0.6 is 12.4 Å². The minimum Gasteiger partial charge on any atom is -0.445 e. The number of alkyl carbamates (subject to hydrolysis) is 1. The van der Waals surface area contributed by atoms with Crippen LogP contribution in [0.15, 0.2) is 59.6 Å². The number of nitrogens with one attached hydrogen (secondary N) is 2. The number of non-ortho nitro benzene ring substituents is 1. The predicted octanol–water partition coefficient (Wildman–Crippen LogP) is 2.30. The molecule has 11 nitrogen and oxygen atoms in total. The van der Waals surface area contributed by atoms with Crippen molar-refractivity contribution in [3.05, 3.63) is 70.3 Å². The number of benzene rings is 2. The van der Waals surface area contributed by atoms with Gasteiger partial charge in [-0.2, -0.15) is 0 Å². The molecule has 0 radical (unpaired) electrons. The second-order valence-electron chi connectivity index (χ2n) is 6.50. The monoisotopic (exact) mass is 464 g/mol. The van der Waals surface area contributed by atoms with Gasteiger partial charge in [0.1, 0.15) is 12.6 Å². The second kappa shape index (κ2) is 13.4. The summed E-state index contributed by atoms with van der Waals surface area (Å²) in [5.41, 5.74) is 11.6. The number of nitro benzene ring substituents is 1. The van der Waals surface area contributed by atoms with Crippen molar-refractivity contribution >= 4 is 41.7 Å². The van der Waals surface area contributed by atoms with Gasteiger partial charge in [-0.25, -0.2) is 4.79 Å². The van der Waals surface area contributed by atoms with Gasteiger partial charge in [0.15, 0.2) is 5.96 Å². The molecule has 2 aromatic rings. The molecule has 2 amide bonds. The minimum absolute atomic E-state index is 0. The van der Waals surface area contributed by atoms with Crippen LogP contribution in [0.25, 0.3) is 0 Å². The Morgan fingerprint density at radius 1 is 1.09 bits per heavy atom. The summed E-state index contributed by atoms with van der Waals surface area (Å²) in [5, 5.41) is 15.9. The first-order valence-electron chi connectivity index (χ1n) is 9.43. The van der Waals surface area contributed by atoms with E-state index in [9.17, 15) is 19.7 Å². The molecule has 0 saturated carbocycles. The van der Waals surface area contributed by atoms with Crippen molar-refractivity contribution in [1.82, 2.24) is 5.32 Å². The number of carbonyl (C=O) groups excluding carboxylic acids is 2. The van der Waals surface area contributed by atoms with Gasteiger partial charge in [0, 0.05) is 24.4 Å². The molecule has 172 valence electrons. The largest absolute Gasteiger partial charge is 0.445 e. The number of guanidine groups is 1. The molecule has 1 atom stereocenters. The molecule has 32 heavy (non-hydrogen) atoms. The molecule has 0 spiro atoms. The Labute approximate surface area is 190 Å². The fraction of sp³-hybridized carbons (Fsp3) is 0.250. The maximum atomic E-state index is 12.7. The van der Waals surface area contributed by atoms with Crippen LogP contribution in [0.5, 0.6) is 0 Å². The highest BCUT2D eigenvalue weighted by molar-refractivity contribution is 5.96. The molecule has 6 N–H and O–H groups in total. The van der Waals surface area contributed by atoms with Crippen molar-refractivity contribution in [2.24, 2.45) is 16.5 Å². The molecular formula is C20H25ClN6O5. The van der Waals surface area contributed by atoms with Crippen LogP contribution in [0.1, 0.15) is 18.4 Å². The Hall–Kier alpha value is -3.86. The number of halogens is 1. The summed E-state index contributed by atoms with van der Waals surface area (Å²) in [6, 6.07) is 13.5. The molecule has 0 aliphatic rings. The van der Waals surface area contributed by atoms with Crippen molar-refractivity contribution in [1.29, 1.82) is 0 Å². The van der Waals surface area contributed by atoms with E-state index in [2.05, 4.69) is 15.6 Å². The predicted molar refractivity (Wildman–Crippen MR) is 122 cm³/mol. The Morgan fingerprint density at radius 2 is 1.75 bits per heavy atom. The molecule has 0 fully saturated rings. The number of rotatable bonds is 10. The third-order valence-electron chi connectivity index (χ3n) is 4.11. The number of hydrogen-bond acceptors (Lipinski definition) is 6. The van der Waals surface area contributed by atoms with E-state index < -0.39 is 23.0 Å². The number of amides is 2. The van der Waals surface area contributed by atoms with E-state index in [1.165, 1.54) is 24.3 Å². The van der Waals surface area contributed by atoms with Crippen molar-refractivity contribution in [2.45, 2.75) is 25.5 Å². The van der Waals surface area contributed by atoms with Crippen LogP contribution in [0.3, 0.4) is 0 Å². The standard InChI is InChI=1S/C20H24N6O5.ClH/c21-19(22)23-12-4-7-17(25-20(28)31-13-14-5-2-1-3-6-14)18(27)24-15-8-10-16(11-9-15)26(29)30;/h1-3,5-6,8-11,17H,4,7,12-13H2,(H,24,27)(H,25,28)(H4,21,22,23);1H. The van der Waals surface area contributed by atoms with Crippen LogP contribution in [0.2, 0.25) is 0 Å². The first kappa shape index (κ1) is 26.2. The summed E-state index contributed by atoms with van der Waals surface area (Å²) in [7, 11) is 0. The van der Waals surface area contributed by atoms with Crippen LogP contribution < -0.4 is 22.1 Å². The number of ether oxygens (including phenoxy) is 1. The molecule has 0 saturated heterocycles. The van der Waals surface area contributed by atoms with Gasteiger partial charge in [-0.3, -0.25) is 19.9 Å². The van der Waals surface area contributed by atoms with E-state index in [4.69, 9.17) is 16.2 Å². The number of hydrogen-bond donors (Lipinski definition) is 4. The number of nitro groups is 1. The third-order valence-corrected chi connectivity index (χ3v) is 4.11. The van der Waals surface area contributed by atoms with Gasteiger partial charge in [-0.15, -0.1) is 12.4 Å². The molecule has 12 heteroatoms. The summed E-state index contributed by atoms with van der Waals surface area (Å²) >= 11 is 0. The lowest BCUT2D eigenvalue weighted by molar-refractivity contribution is -0.384. The highest BCUT2D eigenvalue weighted by Crippen LogP contribution is 2.16. The summed E-state index contributed by atoms with van der Waals surface area (Å²) in [6.45, 7) is 0.335. The maximum Gasteiger partial charge on any atom is 0.408 e. The SMILES string of the molecule is Cl.NC(N)=NCCCC(NC(=O)OCc1ccccc1)C(=O)Nc1ccc([N+](=O)[O-])cc1. The first-order chi connectivity index (χ1) is 14.8. The van der Waals surface area contributed by atoms with Crippen LogP contribution in [-0.4, -0.2) is 35.5 Å². The van der Waals surface area contributed by atoms with E-state index in [1.807, 2.05) is 18.2 Å². The van der Waals surface area contributed by atoms with Crippen LogP contribution in [0, 0.1) is 10.1 Å². The zero-order chi connectivity index (χ0) is 22.6. The van der Waals surface area contributed by atoms with Crippen molar-refractivity contribution < 1.29 is 19.2 Å². The minimum atomic E-state index is -0.923. The first-order valence-corrected chi connectivity index (χ1v) is 9.43. The third kappa shape index (κ3) is 9.30. The summed E-state index contributed by atoms with van der Waals surface area (Å²) in [4.78, 5) is 38.9. The number of aliphatic imine (C=N–C) groups is 1. The van der Waals surface area contributed by atoms with Crippen LogP contribution in [0.4, 0.5) is 16.2 Å². The van der Waals surface area contributed by atoms with E-state index in [0.717, 1.165) is 5.56 Å². The van der Waals surface area contributed by atoms with E-state index in [-0.39, 0.29) is 43.6 Å². The van der Waals surface area contributed by atoms with Gasteiger partial charge >= 0.3 is 6.09 Å². The molecule has 0 aliphatic heterocycles. The van der Waals surface area contributed by atoms with Gasteiger partial charge in [0.05, 0.1) is 4.92 Å². The number of nitrogens with two attached hydrogens (primary N) is 2. The number of anilines is 1. The average molecular weight is 465 g/mol. The topological polar surface area (TPSA) is 175 Å². The fourth-order valence-corrected chi connectivity index (χ4v) is 2.58. The Balaban J connectivity index is 0.00000512. The molecule has 1 unspecified atom stereocenters. The molecule has 2 rings (SSSR count). The summed E-state index contributed by atoms with van der Waals surface area (Å²) in [5.74, 6) is -0.572. The maximum absolute atomic E-state index is 12.7. The molecule has 2 aromatic carbocycles. The van der Waals surface area contributed by atoms with Crippen LogP contribution in [-0.2, 0) is 16.1 Å². The van der Waals surface area contributed by atoms with Gasteiger partial charge in [-0.05, 0) is 30.5 Å². The van der Waals surface area contributed by atoms with Gasteiger partial charge in [0.25, 0.3) is 5.69 Å².